The van der Waals surface area contributed by atoms with E-state index in [0.717, 1.165) is 11.3 Å². The maximum absolute atomic E-state index is 12.8. The lowest BCUT2D eigenvalue weighted by Gasteiger charge is -2.13. The summed E-state index contributed by atoms with van der Waals surface area (Å²) in [7, 11) is -0.561. The number of nitrogens with zero attached hydrogens (tertiary/aromatic N) is 4. The van der Waals surface area contributed by atoms with Gasteiger partial charge in [0.1, 0.15) is 0 Å². The monoisotopic (exact) mass is 397 g/mol. The molecule has 0 spiro atoms. The van der Waals surface area contributed by atoms with Crippen LogP contribution in [0, 0.1) is 6.92 Å². The fourth-order valence-electron chi connectivity index (χ4n) is 3.16. The van der Waals surface area contributed by atoms with Crippen LogP contribution in [0.4, 0.5) is 17.1 Å². The van der Waals surface area contributed by atoms with E-state index in [1.54, 1.807) is 47.4 Å². The van der Waals surface area contributed by atoms with Gasteiger partial charge in [0.05, 0.1) is 17.1 Å². The zero-order chi connectivity index (χ0) is 20.1. The van der Waals surface area contributed by atoms with Crippen molar-refractivity contribution in [1.29, 1.82) is 0 Å². The van der Waals surface area contributed by atoms with Gasteiger partial charge in [-0.05, 0) is 48.9 Å². The van der Waals surface area contributed by atoms with Gasteiger partial charge in [-0.15, -0.1) is 0 Å². The van der Waals surface area contributed by atoms with Crippen LogP contribution < -0.4 is 13.9 Å². The Morgan fingerprint density at radius 3 is 2.43 bits per heavy atom. The van der Waals surface area contributed by atoms with Gasteiger partial charge in [-0.25, -0.2) is 4.68 Å². The second kappa shape index (κ2) is 6.38. The van der Waals surface area contributed by atoms with Crippen LogP contribution in [0.3, 0.4) is 0 Å². The summed E-state index contributed by atoms with van der Waals surface area (Å²) in [6.45, 7) is 1.83. The van der Waals surface area contributed by atoms with Gasteiger partial charge in [0.25, 0.3) is 5.91 Å². The smallest absolute Gasteiger partial charge is 0.322 e. The highest BCUT2D eigenvalue weighted by atomic mass is 32.2. The molecule has 144 valence electrons. The van der Waals surface area contributed by atoms with Crippen LogP contribution in [0.15, 0.2) is 54.9 Å². The van der Waals surface area contributed by atoms with E-state index in [1.165, 1.54) is 22.7 Å². The molecule has 0 atom stereocenters. The van der Waals surface area contributed by atoms with E-state index in [2.05, 4.69) is 10.4 Å². The number of hydrogen-bond donors (Lipinski definition) is 1. The van der Waals surface area contributed by atoms with Crippen molar-refractivity contribution in [2.24, 2.45) is 0 Å². The first-order chi connectivity index (χ1) is 13.3. The van der Waals surface area contributed by atoms with Gasteiger partial charge in [-0.3, -0.25) is 13.4 Å². The van der Waals surface area contributed by atoms with Crippen LogP contribution in [0.25, 0.3) is 5.69 Å². The largest absolute Gasteiger partial charge is 0.326 e. The van der Waals surface area contributed by atoms with Crippen molar-refractivity contribution in [2.45, 2.75) is 6.92 Å². The molecule has 0 fully saturated rings. The van der Waals surface area contributed by atoms with E-state index in [-0.39, 0.29) is 5.91 Å². The highest BCUT2D eigenvalue weighted by Crippen LogP contribution is 2.42. The second-order valence-corrected chi connectivity index (χ2v) is 8.54. The number of carbonyl (C=O) groups is 1. The molecular weight excluding hydrogens is 378 g/mol. The Hall–Kier alpha value is -3.33. The Kier molecular flexibility index (Phi) is 4.11. The highest BCUT2D eigenvalue weighted by Gasteiger charge is 2.36. The van der Waals surface area contributed by atoms with Gasteiger partial charge < -0.3 is 5.32 Å². The minimum Gasteiger partial charge on any atom is -0.322 e. The number of aromatic nitrogens is 2. The van der Waals surface area contributed by atoms with Crippen molar-refractivity contribution in [1.82, 2.24) is 9.78 Å². The summed E-state index contributed by atoms with van der Waals surface area (Å²) in [4.78, 5) is 12.8. The Labute approximate surface area is 163 Å². The lowest BCUT2D eigenvalue weighted by atomic mass is 10.1. The number of hydrogen-bond acceptors (Lipinski definition) is 4. The predicted octanol–water partition coefficient (Wildman–Crippen LogP) is 2.56. The molecule has 1 aliphatic rings. The summed E-state index contributed by atoms with van der Waals surface area (Å²) >= 11 is 0. The van der Waals surface area contributed by atoms with E-state index in [0.29, 0.717) is 22.6 Å². The van der Waals surface area contributed by atoms with Gasteiger partial charge >= 0.3 is 10.2 Å². The number of fused-ring (bicyclic) bond motifs is 1. The number of aryl methyl sites for hydroxylation is 1. The minimum absolute atomic E-state index is 0.283. The van der Waals surface area contributed by atoms with E-state index in [1.807, 2.05) is 19.1 Å². The van der Waals surface area contributed by atoms with Crippen LogP contribution in [0.1, 0.15) is 15.9 Å². The molecule has 1 aromatic heterocycles. The Morgan fingerprint density at radius 1 is 1.04 bits per heavy atom. The molecular formula is C19H19N5O3S. The van der Waals surface area contributed by atoms with Crippen LogP contribution in [-0.4, -0.2) is 38.2 Å². The van der Waals surface area contributed by atoms with Crippen molar-refractivity contribution in [3.8, 4) is 5.69 Å². The number of benzene rings is 2. The molecule has 9 heteroatoms. The highest BCUT2D eigenvalue weighted by molar-refractivity contribution is 7.94. The van der Waals surface area contributed by atoms with E-state index in [9.17, 15) is 13.2 Å². The molecule has 1 N–H and O–H groups in total. The van der Waals surface area contributed by atoms with E-state index >= 15 is 0 Å². The van der Waals surface area contributed by atoms with E-state index in [4.69, 9.17) is 0 Å². The van der Waals surface area contributed by atoms with Gasteiger partial charge in [-0.1, -0.05) is 6.07 Å². The molecule has 0 saturated heterocycles. The summed E-state index contributed by atoms with van der Waals surface area (Å²) < 4.78 is 28.8. The lowest BCUT2D eigenvalue weighted by Crippen LogP contribution is -2.32. The molecule has 4 rings (SSSR count). The lowest BCUT2D eigenvalue weighted by molar-refractivity contribution is 0.102. The van der Waals surface area contributed by atoms with Gasteiger partial charge in [-0.2, -0.15) is 13.5 Å². The molecule has 28 heavy (non-hydrogen) atoms. The molecule has 0 aliphatic carbocycles. The summed E-state index contributed by atoms with van der Waals surface area (Å²) in [6, 6.07) is 12.4. The normalized spacial score (nSPS) is 14.8. The maximum atomic E-state index is 12.8. The molecule has 0 unspecified atom stereocenters. The van der Waals surface area contributed by atoms with Crippen molar-refractivity contribution in [3.63, 3.8) is 0 Å². The third-order valence-electron chi connectivity index (χ3n) is 4.82. The average molecular weight is 397 g/mol. The molecule has 0 bridgehead atoms. The van der Waals surface area contributed by atoms with Gasteiger partial charge in [0.15, 0.2) is 0 Å². The van der Waals surface area contributed by atoms with Crippen molar-refractivity contribution in [3.05, 3.63) is 66.0 Å². The quantitative estimate of drug-likeness (QED) is 0.736. The third kappa shape index (κ3) is 2.80. The molecule has 8 nitrogen and oxygen atoms in total. The number of rotatable bonds is 3. The first-order valence-electron chi connectivity index (χ1n) is 8.58. The summed E-state index contributed by atoms with van der Waals surface area (Å²) in [5.74, 6) is -0.283. The molecule has 2 heterocycles. The number of anilines is 3. The number of carbonyl (C=O) groups excluding carboxylic acids is 1. The SMILES string of the molecule is Cc1cc2c(cc1NC(=O)c1cccc(-n3cccn3)c1)N(C)S(=O)(=O)N2C. The van der Waals surface area contributed by atoms with Crippen LogP contribution in [0.5, 0.6) is 0 Å². The minimum atomic E-state index is -3.56. The number of amides is 1. The van der Waals surface area contributed by atoms with Crippen molar-refractivity contribution in [2.75, 3.05) is 28.0 Å². The average Bonchev–Trinajstić information content (AvgIpc) is 3.27. The summed E-state index contributed by atoms with van der Waals surface area (Å²) in [6.07, 6.45) is 3.47. The Balaban J connectivity index is 1.65. The molecule has 0 radical (unpaired) electrons. The number of nitrogens with one attached hydrogen (secondary N) is 1. The van der Waals surface area contributed by atoms with Crippen LogP contribution in [-0.2, 0) is 10.2 Å². The fourth-order valence-corrected chi connectivity index (χ4v) is 4.32. The van der Waals surface area contributed by atoms with Crippen LogP contribution in [0.2, 0.25) is 0 Å². The Morgan fingerprint density at radius 2 is 1.75 bits per heavy atom. The maximum Gasteiger partial charge on any atom is 0.326 e. The van der Waals surface area contributed by atoms with Crippen molar-refractivity contribution >= 4 is 33.2 Å². The fraction of sp³-hybridized carbons (Fsp3) is 0.158. The topological polar surface area (TPSA) is 87.5 Å². The van der Waals surface area contributed by atoms with E-state index < -0.39 is 10.2 Å². The standard InChI is InChI=1S/C19H19N5O3S/c1-13-10-17-18(23(3)28(26,27)22(17)2)12-16(13)21-19(25)14-6-4-7-15(11-14)24-9-5-8-20-24/h4-12H,1-3H3,(H,21,25). The van der Waals surface area contributed by atoms with Crippen molar-refractivity contribution < 1.29 is 13.2 Å². The van der Waals surface area contributed by atoms with Crippen LogP contribution >= 0.6 is 0 Å². The van der Waals surface area contributed by atoms with Gasteiger partial charge in [0, 0.05) is 37.7 Å². The molecule has 3 aromatic rings. The zero-order valence-corrected chi connectivity index (χ0v) is 16.4. The predicted molar refractivity (Wildman–Crippen MR) is 108 cm³/mol. The first-order valence-corrected chi connectivity index (χ1v) is 9.97. The molecule has 1 amide bonds. The first kappa shape index (κ1) is 18.1. The zero-order valence-electron chi connectivity index (χ0n) is 15.6. The molecule has 0 saturated carbocycles. The Bertz CT molecular complexity index is 1170. The molecule has 2 aromatic carbocycles. The molecule has 1 aliphatic heterocycles. The summed E-state index contributed by atoms with van der Waals surface area (Å²) in [5.41, 5.74) is 3.69. The van der Waals surface area contributed by atoms with Gasteiger partial charge in [0.2, 0.25) is 0 Å². The third-order valence-corrected chi connectivity index (χ3v) is 6.60. The summed E-state index contributed by atoms with van der Waals surface area (Å²) in [5, 5.41) is 7.05. The second-order valence-electron chi connectivity index (χ2n) is 6.55.